The van der Waals surface area contributed by atoms with Crippen molar-refractivity contribution in [2.45, 2.75) is 31.7 Å². The first kappa shape index (κ1) is 12.8. The van der Waals surface area contributed by atoms with Gasteiger partial charge in [0, 0.05) is 36.0 Å². The molecule has 4 rings (SSSR count). The van der Waals surface area contributed by atoms with Crippen LogP contribution in [-0.4, -0.2) is 29.6 Å². The van der Waals surface area contributed by atoms with E-state index in [4.69, 9.17) is 0 Å². The summed E-state index contributed by atoms with van der Waals surface area (Å²) in [5, 5.41) is 0. The largest absolute Gasteiger partial charge is 0.371 e. The minimum absolute atomic E-state index is 0.379. The number of carbonyl (C=O) groups is 2. The highest BCUT2D eigenvalue weighted by molar-refractivity contribution is 6.50. The smallest absolute Gasteiger partial charge is 0.233 e. The van der Waals surface area contributed by atoms with E-state index in [1.54, 1.807) is 6.07 Å². The van der Waals surface area contributed by atoms with Gasteiger partial charge in [-0.1, -0.05) is 30.7 Å². The summed E-state index contributed by atoms with van der Waals surface area (Å²) in [6.07, 6.45) is 6.76. The minimum Gasteiger partial charge on any atom is -0.371 e. The van der Waals surface area contributed by atoms with Crippen LogP contribution in [0.2, 0.25) is 0 Å². The number of allylic oxidation sites excluding steroid dienone is 1. The molecule has 0 aromatic heterocycles. The Balaban J connectivity index is 1.72. The second kappa shape index (κ2) is 4.55. The Morgan fingerprint density at radius 2 is 1.81 bits per heavy atom. The van der Waals surface area contributed by atoms with E-state index in [1.165, 1.54) is 31.8 Å². The fraction of sp³-hybridized carbons (Fsp3) is 0.444. The molecule has 3 atom stereocenters. The highest BCUT2D eigenvalue weighted by Gasteiger charge is 2.42. The van der Waals surface area contributed by atoms with E-state index in [-0.39, 0.29) is 5.78 Å². The Hall–Kier alpha value is -1.90. The molecule has 1 aromatic rings. The standard InChI is InChI=1S/C18H19NO2/c1-19(15-9-11-6-7-12(15)8-11)16-10-17(20)18(21)14-5-3-2-4-13(14)16/h2-5,10-12,15H,6-9H2,1H3. The third-order valence-electron chi connectivity index (χ3n) is 5.52. The number of Topliss-reactive ketones (excluding diaryl/α,β-unsaturated/α-hetero) is 1. The van der Waals surface area contributed by atoms with Gasteiger partial charge in [0.25, 0.3) is 0 Å². The van der Waals surface area contributed by atoms with Gasteiger partial charge < -0.3 is 4.90 Å². The van der Waals surface area contributed by atoms with Gasteiger partial charge in [0.15, 0.2) is 0 Å². The monoisotopic (exact) mass is 281 g/mol. The number of fused-ring (bicyclic) bond motifs is 3. The van der Waals surface area contributed by atoms with Crippen molar-refractivity contribution in [2.24, 2.45) is 11.8 Å². The van der Waals surface area contributed by atoms with Crippen molar-refractivity contribution in [3.05, 3.63) is 41.5 Å². The summed E-state index contributed by atoms with van der Waals surface area (Å²) in [5.41, 5.74) is 2.38. The maximum absolute atomic E-state index is 12.0. The van der Waals surface area contributed by atoms with Gasteiger partial charge in [-0.25, -0.2) is 0 Å². The van der Waals surface area contributed by atoms with Crippen LogP contribution in [0.25, 0.3) is 5.70 Å². The lowest BCUT2D eigenvalue weighted by Crippen LogP contribution is -2.37. The molecule has 2 saturated carbocycles. The third kappa shape index (κ3) is 1.87. The van der Waals surface area contributed by atoms with Crippen LogP contribution in [0.1, 0.15) is 41.6 Å². The first-order chi connectivity index (χ1) is 10.1. The van der Waals surface area contributed by atoms with E-state index in [2.05, 4.69) is 11.9 Å². The average molecular weight is 281 g/mol. The second-order valence-electron chi connectivity index (χ2n) is 6.62. The molecular formula is C18H19NO2. The number of nitrogens with zero attached hydrogens (tertiary/aromatic N) is 1. The summed E-state index contributed by atoms with van der Waals surface area (Å²) in [6.45, 7) is 0. The molecule has 108 valence electrons. The van der Waals surface area contributed by atoms with E-state index in [1.807, 2.05) is 18.2 Å². The summed E-state index contributed by atoms with van der Waals surface area (Å²) in [7, 11) is 2.08. The summed E-state index contributed by atoms with van der Waals surface area (Å²) < 4.78 is 0. The highest BCUT2D eigenvalue weighted by atomic mass is 16.2. The van der Waals surface area contributed by atoms with Gasteiger partial charge in [-0.2, -0.15) is 0 Å². The molecule has 3 aliphatic rings. The molecule has 21 heavy (non-hydrogen) atoms. The molecular weight excluding hydrogens is 262 g/mol. The molecule has 3 nitrogen and oxygen atoms in total. The van der Waals surface area contributed by atoms with Crippen molar-refractivity contribution >= 4 is 17.3 Å². The summed E-state index contributed by atoms with van der Waals surface area (Å²) in [4.78, 5) is 26.3. The average Bonchev–Trinajstić information content (AvgIpc) is 3.13. The number of carbonyl (C=O) groups excluding carboxylic acids is 2. The molecule has 0 heterocycles. The second-order valence-corrected chi connectivity index (χ2v) is 6.62. The lowest BCUT2D eigenvalue weighted by Gasteiger charge is -2.36. The highest BCUT2D eigenvalue weighted by Crippen LogP contribution is 2.48. The van der Waals surface area contributed by atoms with Gasteiger partial charge >= 0.3 is 0 Å². The molecule has 2 bridgehead atoms. The quantitative estimate of drug-likeness (QED) is 0.782. The topological polar surface area (TPSA) is 37.4 Å². The number of benzene rings is 1. The Morgan fingerprint density at radius 1 is 1.05 bits per heavy atom. The van der Waals surface area contributed by atoms with Gasteiger partial charge in [0.05, 0.1) is 0 Å². The van der Waals surface area contributed by atoms with Gasteiger partial charge in [0.1, 0.15) is 0 Å². The Kier molecular flexibility index (Phi) is 2.78. The molecule has 3 aliphatic carbocycles. The van der Waals surface area contributed by atoms with Gasteiger partial charge in [-0.3, -0.25) is 9.59 Å². The Labute approximate surface area is 124 Å². The zero-order valence-corrected chi connectivity index (χ0v) is 12.2. The lowest BCUT2D eigenvalue weighted by molar-refractivity contribution is -0.111. The van der Waals surface area contributed by atoms with Gasteiger partial charge in [-0.15, -0.1) is 0 Å². The molecule has 0 amide bonds. The summed E-state index contributed by atoms with van der Waals surface area (Å²) >= 11 is 0. The molecule has 1 aromatic carbocycles. The minimum atomic E-state index is -0.390. The van der Waals surface area contributed by atoms with Crippen LogP contribution in [0.4, 0.5) is 0 Å². The first-order valence-electron chi connectivity index (χ1n) is 7.77. The van der Waals surface area contributed by atoms with E-state index in [9.17, 15) is 9.59 Å². The van der Waals surface area contributed by atoms with Gasteiger partial charge in [0.2, 0.25) is 11.6 Å². The SMILES string of the molecule is CN(C1=CC(=O)C(=O)c2ccccc21)C1CC2CCC1C2. The molecule has 2 fully saturated rings. The summed E-state index contributed by atoms with van der Waals surface area (Å²) in [6, 6.07) is 7.99. The molecule has 0 spiro atoms. The Bertz CT molecular complexity index is 661. The maximum Gasteiger partial charge on any atom is 0.233 e. The molecule has 0 radical (unpaired) electrons. The normalized spacial score (nSPS) is 30.3. The van der Waals surface area contributed by atoms with Crippen LogP contribution < -0.4 is 0 Å². The van der Waals surface area contributed by atoms with Crippen molar-refractivity contribution in [3.63, 3.8) is 0 Å². The third-order valence-corrected chi connectivity index (χ3v) is 5.52. The van der Waals surface area contributed by atoms with Crippen LogP contribution in [-0.2, 0) is 4.79 Å². The molecule has 0 N–H and O–H groups in total. The number of rotatable bonds is 2. The van der Waals surface area contributed by atoms with E-state index in [0.717, 1.165) is 23.1 Å². The van der Waals surface area contributed by atoms with Crippen LogP contribution in [0.15, 0.2) is 30.3 Å². The summed E-state index contributed by atoms with van der Waals surface area (Å²) in [5.74, 6) is 0.842. The van der Waals surface area contributed by atoms with Crippen LogP contribution in [0.5, 0.6) is 0 Å². The number of ketones is 2. The van der Waals surface area contributed by atoms with Crippen LogP contribution >= 0.6 is 0 Å². The van der Waals surface area contributed by atoms with Crippen molar-refractivity contribution in [2.75, 3.05) is 7.05 Å². The fourth-order valence-electron chi connectivity index (χ4n) is 4.46. The predicted octanol–water partition coefficient (Wildman–Crippen LogP) is 2.91. The van der Waals surface area contributed by atoms with Crippen molar-refractivity contribution < 1.29 is 9.59 Å². The van der Waals surface area contributed by atoms with Crippen LogP contribution in [0, 0.1) is 11.8 Å². The zero-order valence-electron chi connectivity index (χ0n) is 12.2. The Morgan fingerprint density at radius 3 is 2.48 bits per heavy atom. The van der Waals surface area contributed by atoms with Crippen molar-refractivity contribution in [1.29, 1.82) is 0 Å². The molecule has 0 aliphatic heterocycles. The number of hydrogen-bond donors (Lipinski definition) is 0. The van der Waals surface area contributed by atoms with Crippen LogP contribution in [0.3, 0.4) is 0 Å². The number of hydrogen-bond acceptors (Lipinski definition) is 3. The van der Waals surface area contributed by atoms with Crippen molar-refractivity contribution in [3.8, 4) is 0 Å². The van der Waals surface area contributed by atoms with E-state index < -0.39 is 5.78 Å². The van der Waals surface area contributed by atoms with Gasteiger partial charge in [-0.05, 0) is 31.1 Å². The zero-order chi connectivity index (χ0) is 14.6. The molecule has 3 heteroatoms. The maximum atomic E-state index is 12.0. The predicted molar refractivity (Wildman–Crippen MR) is 80.8 cm³/mol. The fourth-order valence-corrected chi connectivity index (χ4v) is 4.46. The van der Waals surface area contributed by atoms with E-state index in [0.29, 0.717) is 11.6 Å². The van der Waals surface area contributed by atoms with E-state index >= 15 is 0 Å². The molecule has 0 saturated heterocycles. The lowest BCUT2D eigenvalue weighted by atomic mass is 9.89. The molecule has 3 unspecified atom stereocenters. The first-order valence-corrected chi connectivity index (χ1v) is 7.77. The van der Waals surface area contributed by atoms with Crippen molar-refractivity contribution in [1.82, 2.24) is 4.90 Å².